The van der Waals surface area contributed by atoms with Crippen molar-refractivity contribution in [3.05, 3.63) is 36.2 Å². The standard InChI is InChI=1S/C22H35BN2O3Si/c1-17-15-25(16-26-13-14-29(6,7)8)20(24-17)18-9-11-19(12-10-18)23-27-21(2,3)22(4,5)28-23/h9-12,15H,13-14,16H2,1-8H3. The fraction of sp³-hybridized carbons (Fsp3) is 0.591. The molecule has 7 heteroatoms. The number of aromatic nitrogens is 2. The minimum Gasteiger partial charge on any atom is -0.399 e. The summed E-state index contributed by atoms with van der Waals surface area (Å²) in [5.41, 5.74) is 2.40. The molecule has 1 aromatic carbocycles. The van der Waals surface area contributed by atoms with Crippen molar-refractivity contribution >= 4 is 20.7 Å². The van der Waals surface area contributed by atoms with E-state index in [0.717, 1.165) is 29.2 Å². The van der Waals surface area contributed by atoms with Crippen molar-refractivity contribution in [3.63, 3.8) is 0 Å². The number of ether oxygens (including phenoxy) is 1. The summed E-state index contributed by atoms with van der Waals surface area (Å²) >= 11 is 0. The first-order chi connectivity index (χ1) is 13.4. The molecule has 158 valence electrons. The van der Waals surface area contributed by atoms with E-state index in [-0.39, 0.29) is 18.3 Å². The molecule has 1 aliphatic rings. The van der Waals surface area contributed by atoms with Gasteiger partial charge in [0.1, 0.15) is 12.6 Å². The van der Waals surface area contributed by atoms with E-state index in [2.05, 4.69) is 76.2 Å². The predicted octanol–water partition coefficient (Wildman–Crippen LogP) is 4.47. The Kier molecular flexibility index (Phi) is 6.16. The molecule has 29 heavy (non-hydrogen) atoms. The highest BCUT2D eigenvalue weighted by molar-refractivity contribution is 6.76. The molecule has 2 aromatic rings. The molecule has 5 nitrogen and oxygen atoms in total. The van der Waals surface area contributed by atoms with Gasteiger partial charge in [0.15, 0.2) is 0 Å². The maximum atomic E-state index is 6.16. The number of aryl methyl sites for hydroxylation is 1. The molecule has 1 saturated heterocycles. The van der Waals surface area contributed by atoms with Crippen LogP contribution in [0.3, 0.4) is 0 Å². The highest BCUT2D eigenvalue weighted by Crippen LogP contribution is 2.36. The molecule has 0 atom stereocenters. The number of nitrogens with zero attached hydrogens (tertiary/aromatic N) is 2. The van der Waals surface area contributed by atoms with Gasteiger partial charge in [-0.25, -0.2) is 4.98 Å². The van der Waals surface area contributed by atoms with Gasteiger partial charge in [-0.2, -0.15) is 0 Å². The van der Waals surface area contributed by atoms with Gasteiger partial charge in [-0.3, -0.25) is 0 Å². The maximum absolute atomic E-state index is 6.16. The van der Waals surface area contributed by atoms with Crippen LogP contribution in [0.4, 0.5) is 0 Å². The summed E-state index contributed by atoms with van der Waals surface area (Å²) in [6, 6.07) is 9.47. The Morgan fingerprint density at radius 3 is 2.17 bits per heavy atom. The lowest BCUT2D eigenvalue weighted by atomic mass is 9.79. The molecule has 0 aliphatic carbocycles. The summed E-state index contributed by atoms with van der Waals surface area (Å²) in [4.78, 5) is 4.71. The second-order valence-corrected chi connectivity index (χ2v) is 15.9. The average Bonchev–Trinajstić information content (AvgIpc) is 3.07. The monoisotopic (exact) mass is 414 g/mol. The fourth-order valence-corrected chi connectivity index (χ4v) is 3.94. The van der Waals surface area contributed by atoms with Crippen LogP contribution in [-0.4, -0.2) is 42.6 Å². The first-order valence-corrected chi connectivity index (χ1v) is 14.2. The molecule has 0 radical (unpaired) electrons. The molecular formula is C22H35BN2O3Si. The summed E-state index contributed by atoms with van der Waals surface area (Å²) in [5, 5.41) is 0. The van der Waals surface area contributed by atoms with Gasteiger partial charge in [-0.05, 0) is 46.1 Å². The Morgan fingerprint density at radius 2 is 1.62 bits per heavy atom. The van der Waals surface area contributed by atoms with Crippen molar-refractivity contribution in [1.29, 1.82) is 0 Å². The quantitative estimate of drug-likeness (QED) is 0.495. The number of rotatable bonds is 7. The summed E-state index contributed by atoms with van der Waals surface area (Å²) in [6.07, 6.45) is 2.05. The van der Waals surface area contributed by atoms with E-state index in [4.69, 9.17) is 19.0 Å². The Labute approximate surface area is 176 Å². The Balaban J connectivity index is 1.71. The molecule has 2 heterocycles. The smallest absolute Gasteiger partial charge is 0.399 e. The van der Waals surface area contributed by atoms with Crippen LogP contribution < -0.4 is 5.46 Å². The predicted molar refractivity (Wildman–Crippen MR) is 122 cm³/mol. The summed E-state index contributed by atoms with van der Waals surface area (Å²) < 4.78 is 20.3. The molecule has 0 N–H and O–H groups in total. The third-order valence-corrected chi connectivity index (χ3v) is 7.52. The van der Waals surface area contributed by atoms with Crippen LogP contribution in [0.25, 0.3) is 11.4 Å². The first kappa shape index (κ1) is 22.3. The van der Waals surface area contributed by atoms with Gasteiger partial charge >= 0.3 is 7.12 Å². The SMILES string of the molecule is Cc1cn(COCC[Si](C)(C)C)c(-c2ccc(B3OC(C)(C)C(C)(C)O3)cc2)n1. The Hall–Kier alpha value is -1.41. The average molecular weight is 414 g/mol. The highest BCUT2D eigenvalue weighted by atomic mass is 28.3. The third kappa shape index (κ3) is 5.20. The van der Waals surface area contributed by atoms with E-state index in [9.17, 15) is 0 Å². The molecule has 1 aliphatic heterocycles. The number of benzene rings is 1. The van der Waals surface area contributed by atoms with Gasteiger partial charge in [0.05, 0.1) is 16.9 Å². The second-order valence-electron chi connectivity index (χ2n) is 10.2. The van der Waals surface area contributed by atoms with Crippen molar-refractivity contribution in [3.8, 4) is 11.4 Å². The van der Waals surface area contributed by atoms with E-state index in [1.165, 1.54) is 6.04 Å². The summed E-state index contributed by atoms with van der Waals surface area (Å²) in [7, 11) is -1.43. The summed E-state index contributed by atoms with van der Waals surface area (Å²) in [6.45, 7) is 18.7. The van der Waals surface area contributed by atoms with E-state index in [1.807, 2.05) is 13.1 Å². The lowest BCUT2D eigenvalue weighted by molar-refractivity contribution is 0.00578. The molecule has 0 bridgehead atoms. The van der Waals surface area contributed by atoms with E-state index >= 15 is 0 Å². The molecular weight excluding hydrogens is 379 g/mol. The molecule has 0 saturated carbocycles. The zero-order chi connectivity index (χ0) is 21.4. The lowest BCUT2D eigenvalue weighted by Crippen LogP contribution is -2.41. The van der Waals surface area contributed by atoms with Gasteiger partial charge in [0.25, 0.3) is 0 Å². The minimum absolute atomic E-state index is 0.336. The van der Waals surface area contributed by atoms with Crippen molar-refractivity contribution in [1.82, 2.24) is 9.55 Å². The van der Waals surface area contributed by atoms with Gasteiger partial charge in [0, 0.05) is 26.4 Å². The van der Waals surface area contributed by atoms with Gasteiger partial charge < -0.3 is 18.6 Å². The van der Waals surface area contributed by atoms with Gasteiger partial charge in [-0.15, -0.1) is 0 Å². The molecule has 3 rings (SSSR count). The largest absolute Gasteiger partial charge is 0.494 e. The highest BCUT2D eigenvalue weighted by Gasteiger charge is 2.51. The van der Waals surface area contributed by atoms with Crippen LogP contribution in [0.1, 0.15) is 33.4 Å². The van der Waals surface area contributed by atoms with Crippen molar-refractivity contribution in [2.24, 2.45) is 0 Å². The number of hydrogen-bond donors (Lipinski definition) is 0. The third-order valence-electron chi connectivity index (χ3n) is 5.82. The normalized spacial score (nSPS) is 18.4. The summed E-state index contributed by atoms with van der Waals surface area (Å²) in [5.74, 6) is 0.927. The number of imidazole rings is 1. The number of hydrogen-bond acceptors (Lipinski definition) is 4. The van der Waals surface area contributed by atoms with E-state index < -0.39 is 8.07 Å². The van der Waals surface area contributed by atoms with Crippen molar-refractivity contribution in [2.45, 2.75) is 78.2 Å². The minimum atomic E-state index is -1.08. The fourth-order valence-electron chi connectivity index (χ4n) is 3.19. The van der Waals surface area contributed by atoms with Crippen molar-refractivity contribution < 1.29 is 14.0 Å². The second kappa shape index (κ2) is 8.02. The van der Waals surface area contributed by atoms with Crippen LogP contribution in [0.5, 0.6) is 0 Å². The van der Waals surface area contributed by atoms with Crippen LogP contribution in [0.2, 0.25) is 25.7 Å². The zero-order valence-electron chi connectivity index (χ0n) is 19.2. The topological polar surface area (TPSA) is 45.5 Å². The molecule has 0 spiro atoms. The van der Waals surface area contributed by atoms with Crippen LogP contribution >= 0.6 is 0 Å². The van der Waals surface area contributed by atoms with Gasteiger partial charge in [-0.1, -0.05) is 43.9 Å². The van der Waals surface area contributed by atoms with Crippen LogP contribution in [-0.2, 0) is 20.8 Å². The van der Waals surface area contributed by atoms with Gasteiger partial charge in [0.2, 0.25) is 0 Å². The molecule has 0 amide bonds. The zero-order valence-corrected chi connectivity index (χ0v) is 20.2. The maximum Gasteiger partial charge on any atom is 0.494 e. The van der Waals surface area contributed by atoms with Crippen LogP contribution in [0.15, 0.2) is 30.5 Å². The molecule has 1 aromatic heterocycles. The Morgan fingerprint density at radius 1 is 1.03 bits per heavy atom. The van der Waals surface area contributed by atoms with Crippen molar-refractivity contribution in [2.75, 3.05) is 6.61 Å². The lowest BCUT2D eigenvalue weighted by Gasteiger charge is -2.32. The molecule has 1 fully saturated rings. The van der Waals surface area contributed by atoms with E-state index in [1.54, 1.807) is 0 Å². The van der Waals surface area contributed by atoms with E-state index in [0.29, 0.717) is 6.73 Å². The first-order valence-electron chi connectivity index (χ1n) is 10.5. The van der Waals surface area contributed by atoms with Crippen LogP contribution in [0, 0.1) is 6.92 Å². The Bertz CT molecular complexity index is 825. The molecule has 0 unspecified atom stereocenters.